The average molecular weight is 305 g/mol. The molecular formula is C16H17ClN2O2. The second kappa shape index (κ2) is 6.70. The smallest absolute Gasteiger partial charge is 0.273 e. The van der Waals surface area contributed by atoms with Crippen molar-refractivity contribution in [1.82, 2.24) is 5.32 Å². The monoisotopic (exact) mass is 304 g/mol. The summed E-state index contributed by atoms with van der Waals surface area (Å²) in [4.78, 5) is 10.7. The van der Waals surface area contributed by atoms with Gasteiger partial charge in [0, 0.05) is 29.2 Å². The standard InChI is InChI=1S/C16H17ClN2O2/c1-11-5-3-4-6-15(11)12(2)18-10-13-9-14(17)7-8-16(13)19(20)21/h3-9,12,18H,10H2,1-2H3/t12-/m0/s1. The minimum absolute atomic E-state index is 0.0869. The minimum atomic E-state index is -0.383. The van der Waals surface area contributed by atoms with Crippen LogP contribution in [0.4, 0.5) is 5.69 Å². The third-order valence-corrected chi connectivity index (χ3v) is 3.73. The third kappa shape index (κ3) is 3.80. The maximum Gasteiger partial charge on any atom is 0.273 e. The van der Waals surface area contributed by atoms with E-state index in [1.165, 1.54) is 23.3 Å². The van der Waals surface area contributed by atoms with E-state index in [2.05, 4.69) is 24.4 Å². The number of hydrogen-bond acceptors (Lipinski definition) is 3. The largest absolute Gasteiger partial charge is 0.306 e. The molecule has 110 valence electrons. The molecule has 1 N–H and O–H groups in total. The molecule has 0 heterocycles. The molecule has 0 aliphatic carbocycles. The molecule has 0 fully saturated rings. The molecule has 0 amide bonds. The fraction of sp³-hybridized carbons (Fsp3) is 0.250. The normalized spacial score (nSPS) is 12.1. The van der Waals surface area contributed by atoms with Crippen LogP contribution in [0.25, 0.3) is 0 Å². The minimum Gasteiger partial charge on any atom is -0.306 e. The average Bonchev–Trinajstić information content (AvgIpc) is 2.45. The molecule has 2 aromatic carbocycles. The highest BCUT2D eigenvalue weighted by Crippen LogP contribution is 2.24. The Morgan fingerprint density at radius 1 is 1.29 bits per heavy atom. The van der Waals surface area contributed by atoms with Gasteiger partial charge in [-0.05, 0) is 37.1 Å². The Morgan fingerprint density at radius 3 is 2.67 bits per heavy atom. The predicted octanol–water partition coefficient (Wildman–Crippen LogP) is 4.41. The molecule has 1 atom stereocenters. The molecular weight excluding hydrogens is 288 g/mol. The number of benzene rings is 2. The molecule has 0 spiro atoms. The molecule has 0 unspecified atom stereocenters. The summed E-state index contributed by atoms with van der Waals surface area (Å²) in [5, 5.41) is 14.9. The van der Waals surface area contributed by atoms with Gasteiger partial charge < -0.3 is 5.32 Å². The summed E-state index contributed by atoms with van der Waals surface area (Å²) < 4.78 is 0. The zero-order valence-corrected chi connectivity index (χ0v) is 12.7. The first-order chi connectivity index (χ1) is 9.99. The fourth-order valence-corrected chi connectivity index (χ4v) is 2.51. The maximum atomic E-state index is 11.0. The summed E-state index contributed by atoms with van der Waals surface area (Å²) in [5.41, 5.74) is 3.05. The zero-order chi connectivity index (χ0) is 15.4. The van der Waals surface area contributed by atoms with Gasteiger partial charge in [-0.2, -0.15) is 0 Å². The number of nitro benzene ring substituents is 1. The summed E-state index contributed by atoms with van der Waals surface area (Å²) in [7, 11) is 0. The number of nitrogens with zero attached hydrogens (tertiary/aromatic N) is 1. The quantitative estimate of drug-likeness (QED) is 0.657. The first-order valence-corrected chi connectivity index (χ1v) is 7.08. The number of hydrogen-bond donors (Lipinski definition) is 1. The van der Waals surface area contributed by atoms with E-state index in [-0.39, 0.29) is 16.7 Å². The predicted molar refractivity (Wildman–Crippen MR) is 84.5 cm³/mol. The number of nitrogens with one attached hydrogen (secondary N) is 1. The summed E-state index contributed by atoms with van der Waals surface area (Å²) in [5.74, 6) is 0. The Bertz CT molecular complexity index is 658. The lowest BCUT2D eigenvalue weighted by molar-refractivity contribution is -0.385. The van der Waals surface area contributed by atoms with E-state index in [1.807, 2.05) is 19.1 Å². The molecule has 2 rings (SSSR count). The van der Waals surface area contributed by atoms with Gasteiger partial charge in [0.05, 0.1) is 4.92 Å². The highest BCUT2D eigenvalue weighted by atomic mass is 35.5. The van der Waals surface area contributed by atoms with Gasteiger partial charge in [-0.25, -0.2) is 0 Å². The summed E-state index contributed by atoms with van der Waals surface area (Å²) >= 11 is 5.93. The second-order valence-corrected chi connectivity index (χ2v) is 5.43. The van der Waals surface area contributed by atoms with Crippen molar-refractivity contribution in [2.75, 3.05) is 0 Å². The van der Waals surface area contributed by atoms with E-state index in [0.29, 0.717) is 17.1 Å². The van der Waals surface area contributed by atoms with Crippen LogP contribution in [0.3, 0.4) is 0 Å². The molecule has 0 aliphatic heterocycles. The molecule has 0 saturated heterocycles. The van der Waals surface area contributed by atoms with Gasteiger partial charge in [-0.1, -0.05) is 35.9 Å². The van der Waals surface area contributed by atoms with Crippen LogP contribution < -0.4 is 5.32 Å². The summed E-state index contributed by atoms with van der Waals surface area (Å²) in [6.07, 6.45) is 0. The van der Waals surface area contributed by atoms with Crippen molar-refractivity contribution in [3.63, 3.8) is 0 Å². The van der Waals surface area contributed by atoms with Crippen LogP contribution in [0.2, 0.25) is 5.02 Å². The molecule has 21 heavy (non-hydrogen) atoms. The molecule has 4 nitrogen and oxygen atoms in total. The first-order valence-electron chi connectivity index (χ1n) is 6.70. The van der Waals surface area contributed by atoms with Gasteiger partial charge in [0.25, 0.3) is 5.69 Å². The Labute approximate surface area is 128 Å². The molecule has 0 saturated carbocycles. The van der Waals surface area contributed by atoms with Gasteiger partial charge in [-0.3, -0.25) is 10.1 Å². The summed E-state index contributed by atoms with van der Waals surface area (Å²) in [6, 6.07) is 12.8. The van der Waals surface area contributed by atoms with E-state index in [4.69, 9.17) is 11.6 Å². The highest BCUT2D eigenvalue weighted by molar-refractivity contribution is 6.30. The van der Waals surface area contributed by atoms with Crippen LogP contribution in [-0.2, 0) is 6.54 Å². The Morgan fingerprint density at radius 2 is 2.00 bits per heavy atom. The molecule has 0 radical (unpaired) electrons. The van der Waals surface area contributed by atoms with Crippen molar-refractivity contribution >= 4 is 17.3 Å². The molecule has 0 aromatic heterocycles. The van der Waals surface area contributed by atoms with Gasteiger partial charge in [0.2, 0.25) is 0 Å². The molecule has 0 bridgehead atoms. The van der Waals surface area contributed by atoms with E-state index in [0.717, 1.165) is 0 Å². The van der Waals surface area contributed by atoms with Gasteiger partial charge in [0.1, 0.15) is 0 Å². The van der Waals surface area contributed by atoms with Gasteiger partial charge in [0.15, 0.2) is 0 Å². The Hall–Kier alpha value is -1.91. The van der Waals surface area contributed by atoms with Crippen LogP contribution in [0.1, 0.15) is 29.7 Å². The van der Waals surface area contributed by atoms with Crippen molar-refractivity contribution in [3.05, 3.63) is 74.3 Å². The lowest BCUT2D eigenvalue weighted by atomic mass is 10.0. The van der Waals surface area contributed by atoms with E-state index < -0.39 is 0 Å². The molecule has 5 heteroatoms. The second-order valence-electron chi connectivity index (χ2n) is 4.99. The zero-order valence-electron chi connectivity index (χ0n) is 12.0. The van der Waals surface area contributed by atoms with Crippen LogP contribution in [0.5, 0.6) is 0 Å². The highest BCUT2D eigenvalue weighted by Gasteiger charge is 2.15. The van der Waals surface area contributed by atoms with E-state index >= 15 is 0 Å². The topological polar surface area (TPSA) is 55.2 Å². The van der Waals surface area contributed by atoms with Crippen LogP contribution >= 0.6 is 11.6 Å². The number of aryl methyl sites for hydroxylation is 1. The summed E-state index contributed by atoms with van der Waals surface area (Å²) in [6.45, 7) is 4.49. The van der Waals surface area contributed by atoms with E-state index in [1.54, 1.807) is 6.07 Å². The van der Waals surface area contributed by atoms with Crippen molar-refractivity contribution in [1.29, 1.82) is 0 Å². The van der Waals surface area contributed by atoms with Crippen LogP contribution in [-0.4, -0.2) is 4.92 Å². The third-order valence-electron chi connectivity index (χ3n) is 3.49. The SMILES string of the molecule is Cc1ccccc1[C@H](C)NCc1cc(Cl)ccc1[N+](=O)[O-]. The number of halogens is 1. The molecule has 0 aliphatic rings. The van der Waals surface area contributed by atoms with Crippen molar-refractivity contribution in [3.8, 4) is 0 Å². The number of rotatable bonds is 5. The van der Waals surface area contributed by atoms with Crippen LogP contribution in [0, 0.1) is 17.0 Å². The van der Waals surface area contributed by atoms with Gasteiger partial charge in [-0.15, -0.1) is 0 Å². The Kier molecular flexibility index (Phi) is 4.94. The fourth-order valence-electron chi connectivity index (χ4n) is 2.32. The van der Waals surface area contributed by atoms with Gasteiger partial charge >= 0.3 is 0 Å². The lowest BCUT2D eigenvalue weighted by Crippen LogP contribution is -2.19. The number of nitro groups is 1. The van der Waals surface area contributed by atoms with E-state index in [9.17, 15) is 10.1 Å². The van der Waals surface area contributed by atoms with Crippen molar-refractivity contribution < 1.29 is 4.92 Å². The lowest BCUT2D eigenvalue weighted by Gasteiger charge is -2.16. The maximum absolute atomic E-state index is 11.0. The van der Waals surface area contributed by atoms with Crippen molar-refractivity contribution in [2.45, 2.75) is 26.4 Å². The van der Waals surface area contributed by atoms with Crippen molar-refractivity contribution in [2.24, 2.45) is 0 Å². The first kappa shape index (κ1) is 15.5. The van der Waals surface area contributed by atoms with Crippen LogP contribution in [0.15, 0.2) is 42.5 Å². The Balaban J connectivity index is 2.15. The molecule has 2 aromatic rings.